The third-order valence-corrected chi connectivity index (χ3v) is 4.59. The molecule has 0 spiro atoms. The van der Waals surface area contributed by atoms with Crippen LogP contribution in [0.3, 0.4) is 0 Å². The average molecular weight is 402 g/mol. The molecule has 150 valence electrons. The lowest BCUT2D eigenvalue weighted by Crippen LogP contribution is -2.15. The molecule has 0 aliphatic rings. The van der Waals surface area contributed by atoms with Crippen molar-refractivity contribution in [2.24, 2.45) is 0 Å². The fourth-order valence-corrected chi connectivity index (χ4v) is 3.29. The molecule has 0 saturated heterocycles. The van der Waals surface area contributed by atoms with E-state index in [0.717, 1.165) is 22.0 Å². The molecule has 4 aromatic rings. The number of nitrogen functional groups attached to an aromatic ring is 1. The Hall–Kier alpha value is -3.43. The molecule has 29 heavy (non-hydrogen) atoms. The van der Waals surface area contributed by atoms with E-state index in [1.807, 2.05) is 24.3 Å². The number of H-pyrrole nitrogens is 1. The van der Waals surface area contributed by atoms with Gasteiger partial charge in [-0.25, -0.2) is 4.98 Å². The first kappa shape index (κ1) is 18.9. The molecule has 10 heteroatoms. The van der Waals surface area contributed by atoms with Crippen molar-refractivity contribution < 1.29 is 18.0 Å². The SMILES string of the molecule is Nc1nc2cc(-c3ccn[nH]3)ccc2c2cn(CCCC(=O)CC(F)(F)F)nc12. The number of aromatic amines is 1. The summed E-state index contributed by atoms with van der Waals surface area (Å²) in [7, 11) is 0. The van der Waals surface area contributed by atoms with Crippen LogP contribution in [-0.4, -0.2) is 36.9 Å². The van der Waals surface area contributed by atoms with Crippen molar-refractivity contribution >= 4 is 33.4 Å². The van der Waals surface area contributed by atoms with E-state index in [9.17, 15) is 18.0 Å². The zero-order valence-corrected chi connectivity index (χ0v) is 15.2. The molecule has 0 bridgehead atoms. The fraction of sp³-hybridized carbons (Fsp3) is 0.263. The lowest BCUT2D eigenvalue weighted by atomic mass is 10.1. The first-order valence-electron chi connectivity index (χ1n) is 8.95. The Labute approximate surface area is 162 Å². The lowest BCUT2D eigenvalue weighted by Gasteiger charge is -2.05. The van der Waals surface area contributed by atoms with Crippen LogP contribution >= 0.6 is 0 Å². The summed E-state index contributed by atoms with van der Waals surface area (Å²) < 4.78 is 38.3. The van der Waals surface area contributed by atoms with Crippen LogP contribution in [0.4, 0.5) is 19.0 Å². The van der Waals surface area contributed by atoms with Gasteiger partial charge >= 0.3 is 6.18 Å². The van der Waals surface area contributed by atoms with Crippen LogP contribution in [0.5, 0.6) is 0 Å². The number of aryl methyl sites for hydroxylation is 1. The summed E-state index contributed by atoms with van der Waals surface area (Å²) in [5, 5.41) is 12.9. The number of carbonyl (C=O) groups is 1. The number of pyridine rings is 1. The van der Waals surface area contributed by atoms with Crippen LogP contribution in [0.2, 0.25) is 0 Å². The highest BCUT2D eigenvalue weighted by Gasteiger charge is 2.30. The van der Waals surface area contributed by atoms with Crippen LogP contribution in [0.25, 0.3) is 33.1 Å². The van der Waals surface area contributed by atoms with E-state index in [2.05, 4.69) is 20.3 Å². The van der Waals surface area contributed by atoms with Gasteiger partial charge < -0.3 is 5.73 Å². The predicted octanol–water partition coefficient (Wildman–Crippen LogP) is 3.86. The Morgan fingerprint density at radius 3 is 2.76 bits per heavy atom. The minimum absolute atomic E-state index is 0.155. The van der Waals surface area contributed by atoms with Crippen molar-refractivity contribution in [2.45, 2.75) is 32.0 Å². The smallest absolute Gasteiger partial charge is 0.382 e. The van der Waals surface area contributed by atoms with Gasteiger partial charge in [-0.05, 0) is 18.6 Å². The molecule has 3 heterocycles. The Kier molecular flexibility index (Phi) is 4.69. The van der Waals surface area contributed by atoms with E-state index in [4.69, 9.17) is 5.73 Å². The first-order valence-corrected chi connectivity index (χ1v) is 8.95. The van der Waals surface area contributed by atoms with Gasteiger partial charge in [0.1, 0.15) is 17.7 Å². The minimum atomic E-state index is -4.47. The van der Waals surface area contributed by atoms with Crippen molar-refractivity contribution in [1.82, 2.24) is 25.0 Å². The van der Waals surface area contributed by atoms with E-state index < -0.39 is 18.4 Å². The molecule has 0 fully saturated rings. The quantitative estimate of drug-likeness (QED) is 0.510. The molecule has 4 rings (SSSR count). The molecule has 0 unspecified atom stereocenters. The normalized spacial score (nSPS) is 12.1. The van der Waals surface area contributed by atoms with E-state index in [1.54, 1.807) is 17.1 Å². The standard InChI is InChI=1S/C19H17F3N6O/c20-19(21,22)9-12(29)2-1-7-28-10-14-13-4-3-11(15-5-6-24-26-15)8-16(13)25-18(23)17(14)27-28/h3-6,8,10H,1-2,7,9H2,(H2,23,25)(H,24,26). The molecule has 0 radical (unpaired) electrons. The fourth-order valence-electron chi connectivity index (χ4n) is 3.29. The summed E-state index contributed by atoms with van der Waals surface area (Å²) in [5.74, 6) is -0.562. The van der Waals surface area contributed by atoms with Crippen LogP contribution in [0, 0.1) is 0 Å². The second kappa shape index (κ2) is 7.19. The topological polar surface area (TPSA) is 102 Å². The third-order valence-electron chi connectivity index (χ3n) is 4.59. The Morgan fingerprint density at radius 1 is 1.21 bits per heavy atom. The van der Waals surface area contributed by atoms with Crippen LogP contribution in [-0.2, 0) is 11.3 Å². The number of Topliss-reactive ketones (excluding diaryl/α,β-unsaturated/α-hetero) is 1. The van der Waals surface area contributed by atoms with Gasteiger partial charge in [-0.2, -0.15) is 23.4 Å². The van der Waals surface area contributed by atoms with Gasteiger partial charge in [0, 0.05) is 41.7 Å². The number of benzene rings is 1. The van der Waals surface area contributed by atoms with Crippen LogP contribution < -0.4 is 5.73 Å². The molecule has 0 atom stereocenters. The highest BCUT2D eigenvalue weighted by molar-refractivity contribution is 6.08. The summed E-state index contributed by atoms with van der Waals surface area (Å²) >= 11 is 0. The van der Waals surface area contributed by atoms with E-state index in [0.29, 0.717) is 17.6 Å². The molecule has 3 N–H and O–H groups in total. The number of fused-ring (bicyclic) bond motifs is 3. The number of halogens is 3. The van der Waals surface area contributed by atoms with Gasteiger partial charge in [-0.15, -0.1) is 0 Å². The molecular weight excluding hydrogens is 385 g/mol. The Morgan fingerprint density at radius 2 is 2.03 bits per heavy atom. The van der Waals surface area contributed by atoms with E-state index in [-0.39, 0.29) is 18.7 Å². The number of alkyl halides is 3. The van der Waals surface area contributed by atoms with E-state index >= 15 is 0 Å². The number of rotatable bonds is 6. The highest BCUT2D eigenvalue weighted by atomic mass is 19.4. The molecule has 0 amide bonds. The van der Waals surface area contributed by atoms with Gasteiger partial charge in [-0.3, -0.25) is 14.6 Å². The Bertz CT molecular complexity index is 1180. The van der Waals surface area contributed by atoms with Gasteiger partial charge in [0.25, 0.3) is 0 Å². The zero-order chi connectivity index (χ0) is 20.6. The number of anilines is 1. The van der Waals surface area contributed by atoms with Crippen molar-refractivity contribution in [3.05, 3.63) is 36.7 Å². The maximum absolute atomic E-state index is 12.2. The molecule has 0 aliphatic heterocycles. The number of carbonyl (C=O) groups excluding carboxylic acids is 1. The van der Waals surface area contributed by atoms with E-state index in [1.165, 1.54) is 0 Å². The van der Waals surface area contributed by atoms with Crippen LogP contribution in [0.15, 0.2) is 36.7 Å². The minimum Gasteiger partial charge on any atom is -0.382 e. The maximum atomic E-state index is 12.2. The summed E-state index contributed by atoms with van der Waals surface area (Å²) in [6, 6.07) is 7.59. The summed E-state index contributed by atoms with van der Waals surface area (Å²) in [6.45, 7) is 0.311. The number of ketones is 1. The lowest BCUT2D eigenvalue weighted by molar-refractivity contribution is -0.152. The zero-order valence-electron chi connectivity index (χ0n) is 15.2. The summed E-state index contributed by atoms with van der Waals surface area (Å²) in [6.07, 6.45) is -2.32. The summed E-state index contributed by atoms with van der Waals surface area (Å²) in [5.41, 5.74) is 9.05. The summed E-state index contributed by atoms with van der Waals surface area (Å²) in [4.78, 5) is 15.8. The molecule has 7 nitrogen and oxygen atoms in total. The van der Waals surface area contributed by atoms with Crippen molar-refractivity contribution in [1.29, 1.82) is 0 Å². The van der Waals surface area contributed by atoms with Gasteiger partial charge in [0.05, 0.1) is 11.2 Å². The van der Waals surface area contributed by atoms with Crippen molar-refractivity contribution in [2.75, 3.05) is 5.73 Å². The van der Waals surface area contributed by atoms with Gasteiger partial charge in [0.15, 0.2) is 5.82 Å². The van der Waals surface area contributed by atoms with Gasteiger partial charge in [0.2, 0.25) is 0 Å². The number of nitrogens with one attached hydrogen (secondary N) is 1. The van der Waals surface area contributed by atoms with Crippen molar-refractivity contribution in [3.63, 3.8) is 0 Å². The molecule has 0 saturated carbocycles. The third kappa shape index (κ3) is 4.05. The molecular formula is C19H17F3N6O. The molecule has 0 aliphatic carbocycles. The largest absolute Gasteiger partial charge is 0.395 e. The first-order chi connectivity index (χ1) is 13.8. The number of nitrogens with zero attached hydrogens (tertiary/aromatic N) is 4. The average Bonchev–Trinajstić information content (AvgIpc) is 3.30. The Balaban J connectivity index is 1.57. The number of hydrogen-bond acceptors (Lipinski definition) is 5. The second-order valence-corrected chi connectivity index (χ2v) is 6.79. The number of nitrogens with two attached hydrogens (primary N) is 1. The number of hydrogen-bond donors (Lipinski definition) is 2. The number of aromatic nitrogens is 5. The van der Waals surface area contributed by atoms with Crippen molar-refractivity contribution in [3.8, 4) is 11.3 Å². The predicted molar refractivity (Wildman–Crippen MR) is 102 cm³/mol. The second-order valence-electron chi connectivity index (χ2n) is 6.79. The molecule has 3 aromatic heterocycles. The monoisotopic (exact) mass is 402 g/mol. The maximum Gasteiger partial charge on any atom is 0.395 e. The molecule has 1 aromatic carbocycles. The highest BCUT2D eigenvalue weighted by Crippen LogP contribution is 2.30. The van der Waals surface area contributed by atoms with Crippen LogP contribution in [0.1, 0.15) is 19.3 Å². The van der Waals surface area contributed by atoms with Gasteiger partial charge in [-0.1, -0.05) is 12.1 Å².